The molecule has 4 nitrogen and oxygen atoms in total. The Bertz CT molecular complexity index is 312. The fourth-order valence-electron chi connectivity index (χ4n) is 1.63. The molecule has 0 aliphatic carbocycles. The molecule has 1 saturated heterocycles. The van der Waals surface area contributed by atoms with Crippen LogP contribution in [0.5, 0.6) is 0 Å². The van der Waals surface area contributed by atoms with Crippen LogP contribution in [0.1, 0.15) is 12.1 Å². The van der Waals surface area contributed by atoms with Crippen LogP contribution in [-0.2, 0) is 11.2 Å². The lowest BCUT2D eigenvalue weighted by Gasteiger charge is -2.14. The van der Waals surface area contributed by atoms with Crippen molar-refractivity contribution < 1.29 is 4.79 Å². The van der Waals surface area contributed by atoms with Gasteiger partial charge in [-0.2, -0.15) is 0 Å². The quantitative estimate of drug-likeness (QED) is 0.779. The van der Waals surface area contributed by atoms with Crippen LogP contribution in [0.25, 0.3) is 0 Å². The van der Waals surface area contributed by atoms with Gasteiger partial charge in [0.15, 0.2) is 0 Å². The molecule has 1 atom stereocenters. The van der Waals surface area contributed by atoms with Gasteiger partial charge < -0.3 is 10.6 Å². The minimum Gasteiger partial charge on any atom is -0.341 e. The topological polar surface area (TPSA) is 59.2 Å². The van der Waals surface area contributed by atoms with E-state index in [9.17, 15) is 4.79 Å². The Balaban J connectivity index is 1.84. The predicted octanol–water partition coefficient (Wildman–Crippen LogP) is 0.245. The van der Waals surface area contributed by atoms with Crippen molar-refractivity contribution in [1.82, 2.24) is 9.88 Å². The third-order valence-electron chi connectivity index (χ3n) is 2.37. The van der Waals surface area contributed by atoms with Gasteiger partial charge in [0, 0.05) is 37.4 Å². The van der Waals surface area contributed by atoms with Crippen molar-refractivity contribution in [3.8, 4) is 0 Å². The number of rotatable bonds is 3. The van der Waals surface area contributed by atoms with Crippen LogP contribution in [0, 0.1) is 0 Å². The molecule has 0 spiro atoms. The summed E-state index contributed by atoms with van der Waals surface area (Å²) >= 11 is 1.58. The fourth-order valence-corrected chi connectivity index (χ4v) is 2.22. The number of hydrogen-bond acceptors (Lipinski definition) is 4. The molecule has 0 bridgehead atoms. The van der Waals surface area contributed by atoms with Gasteiger partial charge in [-0.25, -0.2) is 4.98 Å². The summed E-state index contributed by atoms with van der Waals surface area (Å²) in [7, 11) is 0. The Kier molecular flexibility index (Phi) is 2.79. The van der Waals surface area contributed by atoms with Crippen LogP contribution in [0.2, 0.25) is 0 Å². The van der Waals surface area contributed by atoms with Gasteiger partial charge in [-0.3, -0.25) is 4.79 Å². The van der Waals surface area contributed by atoms with Gasteiger partial charge in [0.05, 0.1) is 11.2 Å². The largest absolute Gasteiger partial charge is 0.341 e. The van der Waals surface area contributed by atoms with Crippen LogP contribution < -0.4 is 5.73 Å². The number of amides is 1. The second-order valence-corrected chi connectivity index (χ2v) is 4.25. The van der Waals surface area contributed by atoms with Crippen molar-refractivity contribution in [3.63, 3.8) is 0 Å². The molecule has 76 valence electrons. The highest BCUT2D eigenvalue weighted by Crippen LogP contribution is 2.10. The number of hydrogen-bond donors (Lipinski definition) is 1. The molecular weight excluding hydrogens is 198 g/mol. The van der Waals surface area contributed by atoms with Gasteiger partial charge >= 0.3 is 0 Å². The van der Waals surface area contributed by atoms with Crippen LogP contribution in [-0.4, -0.2) is 34.9 Å². The zero-order valence-corrected chi connectivity index (χ0v) is 8.67. The minimum atomic E-state index is 0.0259. The molecule has 14 heavy (non-hydrogen) atoms. The standard InChI is InChI=1S/C9H13N3OS/c10-7-3-9(13)12(4-7)2-1-8-5-14-6-11-8/h5-7H,1-4,10H2. The second kappa shape index (κ2) is 4.06. The molecule has 5 heteroatoms. The Labute approximate surface area is 86.7 Å². The van der Waals surface area contributed by atoms with E-state index in [1.54, 1.807) is 11.3 Å². The summed E-state index contributed by atoms with van der Waals surface area (Å²) in [5, 5.41) is 2.01. The van der Waals surface area contributed by atoms with E-state index in [0.29, 0.717) is 13.0 Å². The lowest BCUT2D eigenvalue weighted by atomic mass is 10.3. The van der Waals surface area contributed by atoms with E-state index in [1.807, 2.05) is 15.8 Å². The van der Waals surface area contributed by atoms with Crippen molar-refractivity contribution in [2.75, 3.05) is 13.1 Å². The lowest BCUT2D eigenvalue weighted by molar-refractivity contribution is -0.127. The number of nitrogens with two attached hydrogens (primary N) is 1. The first-order valence-electron chi connectivity index (χ1n) is 4.66. The minimum absolute atomic E-state index is 0.0259. The number of aromatic nitrogens is 1. The molecule has 1 amide bonds. The van der Waals surface area contributed by atoms with Crippen molar-refractivity contribution in [2.45, 2.75) is 18.9 Å². The monoisotopic (exact) mass is 211 g/mol. The SMILES string of the molecule is NC1CC(=O)N(CCc2cscn2)C1. The first-order chi connectivity index (χ1) is 6.75. The summed E-state index contributed by atoms with van der Waals surface area (Å²) in [6, 6.07) is 0.0259. The summed E-state index contributed by atoms with van der Waals surface area (Å²) in [5.41, 5.74) is 8.56. The van der Waals surface area contributed by atoms with Gasteiger partial charge in [-0.1, -0.05) is 0 Å². The van der Waals surface area contributed by atoms with E-state index >= 15 is 0 Å². The number of carbonyl (C=O) groups is 1. The third kappa shape index (κ3) is 2.10. The Hall–Kier alpha value is -0.940. The third-order valence-corrected chi connectivity index (χ3v) is 3.00. The summed E-state index contributed by atoms with van der Waals surface area (Å²) in [6.45, 7) is 1.44. The highest BCUT2D eigenvalue weighted by Gasteiger charge is 2.26. The van der Waals surface area contributed by atoms with Crippen molar-refractivity contribution in [3.05, 3.63) is 16.6 Å². The molecule has 2 N–H and O–H groups in total. The molecule has 1 aromatic rings. The molecule has 1 unspecified atom stereocenters. The molecule has 2 heterocycles. The summed E-state index contributed by atoms with van der Waals surface area (Å²) < 4.78 is 0. The van der Waals surface area contributed by atoms with Gasteiger partial charge in [0.25, 0.3) is 0 Å². The van der Waals surface area contributed by atoms with Crippen molar-refractivity contribution in [2.24, 2.45) is 5.73 Å². The molecule has 0 aromatic carbocycles. The Morgan fingerprint density at radius 1 is 1.71 bits per heavy atom. The number of thiazole rings is 1. The summed E-state index contributed by atoms with van der Waals surface area (Å²) in [5.74, 6) is 0.174. The first-order valence-corrected chi connectivity index (χ1v) is 5.60. The molecule has 0 radical (unpaired) electrons. The number of nitrogens with zero attached hydrogens (tertiary/aromatic N) is 2. The normalized spacial score (nSPS) is 21.9. The predicted molar refractivity (Wildman–Crippen MR) is 55.0 cm³/mol. The van der Waals surface area contributed by atoms with E-state index in [-0.39, 0.29) is 11.9 Å². The number of carbonyl (C=O) groups excluding carboxylic acids is 1. The molecule has 1 aliphatic rings. The van der Waals surface area contributed by atoms with Gasteiger partial charge in [-0.05, 0) is 0 Å². The van der Waals surface area contributed by atoms with E-state index in [4.69, 9.17) is 5.73 Å². The fraction of sp³-hybridized carbons (Fsp3) is 0.556. The molecule has 1 fully saturated rings. The number of likely N-dealkylation sites (tertiary alicyclic amines) is 1. The Morgan fingerprint density at radius 2 is 2.57 bits per heavy atom. The van der Waals surface area contributed by atoms with Crippen molar-refractivity contribution >= 4 is 17.2 Å². The van der Waals surface area contributed by atoms with E-state index in [1.165, 1.54) is 0 Å². The molecule has 0 saturated carbocycles. The maximum absolute atomic E-state index is 11.4. The average Bonchev–Trinajstić information content (AvgIpc) is 2.72. The van der Waals surface area contributed by atoms with Crippen LogP contribution >= 0.6 is 11.3 Å². The summed E-state index contributed by atoms with van der Waals surface area (Å²) in [4.78, 5) is 17.4. The smallest absolute Gasteiger partial charge is 0.224 e. The van der Waals surface area contributed by atoms with Crippen LogP contribution in [0.3, 0.4) is 0 Å². The zero-order chi connectivity index (χ0) is 9.97. The van der Waals surface area contributed by atoms with Gasteiger partial charge in [-0.15, -0.1) is 11.3 Å². The maximum atomic E-state index is 11.4. The van der Waals surface area contributed by atoms with E-state index in [0.717, 1.165) is 18.7 Å². The van der Waals surface area contributed by atoms with Crippen LogP contribution in [0.15, 0.2) is 10.9 Å². The first kappa shape index (κ1) is 9.61. The Morgan fingerprint density at radius 3 is 3.14 bits per heavy atom. The zero-order valence-electron chi connectivity index (χ0n) is 7.85. The van der Waals surface area contributed by atoms with Gasteiger partial charge in [0.1, 0.15) is 0 Å². The average molecular weight is 211 g/mol. The highest BCUT2D eigenvalue weighted by atomic mass is 32.1. The molecule has 1 aromatic heterocycles. The molecular formula is C9H13N3OS. The van der Waals surface area contributed by atoms with Crippen molar-refractivity contribution in [1.29, 1.82) is 0 Å². The highest BCUT2D eigenvalue weighted by molar-refractivity contribution is 7.07. The van der Waals surface area contributed by atoms with Gasteiger partial charge in [0.2, 0.25) is 5.91 Å². The maximum Gasteiger partial charge on any atom is 0.224 e. The molecule has 1 aliphatic heterocycles. The van der Waals surface area contributed by atoms with Crippen LogP contribution in [0.4, 0.5) is 0 Å². The lowest BCUT2D eigenvalue weighted by Crippen LogP contribution is -2.30. The molecule has 2 rings (SSSR count). The second-order valence-electron chi connectivity index (χ2n) is 3.53. The van der Waals surface area contributed by atoms with E-state index in [2.05, 4.69) is 4.98 Å². The summed E-state index contributed by atoms with van der Waals surface area (Å²) in [6.07, 6.45) is 1.33. The van der Waals surface area contributed by atoms with E-state index < -0.39 is 0 Å².